The normalized spacial score (nSPS) is 10.4. The molecule has 0 spiro atoms. The molecule has 0 saturated heterocycles. The highest BCUT2D eigenvalue weighted by Gasteiger charge is 2.20. The lowest BCUT2D eigenvalue weighted by molar-refractivity contribution is -0.384. The largest absolute Gasteiger partial charge is 0.496 e. The molecule has 8 heteroatoms. The lowest BCUT2D eigenvalue weighted by atomic mass is 10.2. The maximum atomic E-state index is 11.2. The van der Waals surface area contributed by atoms with Crippen molar-refractivity contribution < 1.29 is 19.6 Å². The quantitative estimate of drug-likeness (QED) is 0.682. The Bertz CT molecular complexity index is 736. The number of carboxylic acid groups (broad SMARTS) is 1. The van der Waals surface area contributed by atoms with E-state index in [9.17, 15) is 14.9 Å². The Morgan fingerprint density at radius 2 is 2.05 bits per heavy atom. The molecule has 1 aromatic carbocycles. The van der Waals surface area contributed by atoms with Crippen LogP contribution in [0.2, 0.25) is 0 Å². The molecule has 21 heavy (non-hydrogen) atoms. The fourth-order valence-electron chi connectivity index (χ4n) is 2.12. The molecular formula is C13H13N3O5. The molecule has 0 aliphatic heterocycles. The molecule has 1 N–H and O–H groups in total. The van der Waals surface area contributed by atoms with E-state index in [0.29, 0.717) is 22.8 Å². The molecular weight excluding hydrogens is 278 g/mol. The monoisotopic (exact) mass is 291 g/mol. The van der Waals surface area contributed by atoms with Gasteiger partial charge >= 0.3 is 5.97 Å². The molecule has 2 aromatic rings. The van der Waals surface area contributed by atoms with Gasteiger partial charge in [0.1, 0.15) is 11.3 Å². The highest BCUT2D eigenvalue weighted by molar-refractivity contribution is 5.90. The van der Waals surface area contributed by atoms with Crippen molar-refractivity contribution in [1.82, 2.24) is 9.78 Å². The molecule has 0 amide bonds. The minimum atomic E-state index is -1.09. The first-order valence-electron chi connectivity index (χ1n) is 5.98. The van der Waals surface area contributed by atoms with E-state index >= 15 is 0 Å². The molecule has 0 radical (unpaired) electrons. The van der Waals surface area contributed by atoms with Crippen molar-refractivity contribution in [1.29, 1.82) is 0 Å². The first-order valence-corrected chi connectivity index (χ1v) is 5.98. The number of benzene rings is 1. The lowest BCUT2D eigenvalue weighted by Gasteiger charge is -2.07. The van der Waals surface area contributed by atoms with E-state index in [1.54, 1.807) is 19.9 Å². The van der Waals surface area contributed by atoms with Crippen LogP contribution in [-0.4, -0.2) is 32.9 Å². The predicted octanol–water partition coefficient (Wildman–Crippen LogP) is 2.10. The second kappa shape index (κ2) is 5.23. The summed E-state index contributed by atoms with van der Waals surface area (Å²) in [6.45, 7) is 3.16. The van der Waals surface area contributed by atoms with Crippen LogP contribution >= 0.6 is 0 Å². The van der Waals surface area contributed by atoms with Crippen molar-refractivity contribution in [3.05, 3.63) is 45.3 Å². The van der Waals surface area contributed by atoms with Crippen LogP contribution in [-0.2, 0) is 0 Å². The number of carboxylic acids is 1. The molecule has 1 heterocycles. The van der Waals surface area contributed by atoms with Crippen LogP contribution in [0.15, 0.2) is 18.2 Å². The van der Waals surface area contributed by atoms with E-state index in [2.05, 4.69) is 5.10 Å². The number of carbonyl (C=O) groups is 1. The highest BCUT2D eigenvalue weighted by Crippen LogP contribution is 2.26. The van der Waals surface area contributed by atoms with Gasteiger partial charge in [0, 0.05) is 12.1 Å². The third kappa shape index (κ3) is 2.55. The maximum Gasteiger partial charge on any atom is 0.339 e. The van der Waals surface area contributed by atoms with E-state index in [-0.39, 0.29) is 11.3 Å². The Kier molecular flexibility index (Phi) is 3.62. The molecule has 8 nitrogen and oxygen atoms in total. The summed E-state index contributed by atoms with van der Waals surface area (Å²) in [4.78, 5) is 21.6. The average Bonchev–Trinajstić information content (AvgIpc) is 2.73. The number of nitro groups is 1. The van der Waals surface area contributed by atoms with Crippen LogP contribution in [0.3, 0.4) is 0 Å². The van der Waals surface area contributed by atoms with E-state index in [0.717, 1.165) is 0 Å². The van der Waals surface area contributed by atoms with Gasteiger partial charge < -0.3 is 9.84 Å². The second-order valence-electron chi connectivity index (χ2n) is 4.41. The molecule has 110 valence electrons. The zero-order chi connectivity index (χ0) is 15.7. The molecule has 0 saturated carbocycles. The van der Waals surface area contributed by atoms with Gasteiger partial charge in [-0.15, -0.1) is 0 Å². The number of aromatic carboxylic acids is 1. The fourth-order valence-corrected chi connectivity index (χ4v) is 2.12. The Morgan fingerprint density at radius 1 is 1.38 bits per heavy atom. The molecule has 1 aromatic heterocycles. The van der Waals surface area contributed by atoms with E-state index in [4.69, 9.17) is 9.84 Å². The zero-order valence-electron chi connectivity index (χ0n) is 11.7. The summed E-state index contributed by atoms with van der Waals surface area (Å²) in [7, 11) is 1.40. The van der Waals surface area contributed by atoms with E-state index < -0.39 is 10.9 Å². The molecule has 0 bridgehead atoms. The fraction of sp³-hybridized carbons (Fsp3) is 0.231. The number of non-ortho nitro benzene ring substituents is 1. The minimum Gasteiger partial charge on any atom is -0.496 e. The van der Waals surface area contributed by atoms with Gasteiger partial charge in [-0.3, -0.25) is 10.1 Å². The standard InChI is InChI=1S/C13H13N3O5/c1-7-12(13(17)18)8(2)15(14-7)9-4-10(16(19)20)6-11(5-9)21-3/h4-6H,1-3H3,(H,17,18). The summed E-state index contributed by atoms with van der Waals surface area (Å²) >= 11 is 0. The molecule has 0 fully saturated rings. The van der Waals surface area contributed by atoms with Crippen LogP contribution in [0.4, 0.5) is 5.69 Å². The number of hydrogen-bond donors (Lipinski definition) is 1. The maximum absolute atomic E-state index is 11.2. The highest BCUT2D eigenvalue weighted by atomic mass is 16.6. The van der Waals surface area contributed by atoms with Gasteiger partial charge in [-0.25, -0.2) is 9.48 Å². The number of nitrogens with zero attached hydrogens (tertiary/aromatic N) is 3. The Balaban J connectivity index is 2.67. The predicted molar refractivity (Wildman–Crippen MR) is 73.2 cm³/mol. The van der Waals surface area contributed by atoms with Crippen LogP contribution in [0.1, 0.15) is 21.7 Å². The lowest BCUT2D eigenvalue weighted by Crippen LogP contribution is -2.03. The summed E-state index contributed by atoms with van der Waals surface area (Å²) in [6, 6.07) is 4.15. The summed E-state index contributed by atoms with van der Waals surface area (Å²) in [6.07, 6.45) is 0. The van der Waals surface area contributed by atoms with Crippen LogP contribution in [0.5, 0.6) is 5.75 Å². The van der Waals surface area contributed by atoms with Crippen molar-refractivity contribution in [2.24, 2.45) is 0 Å². The summed E-state index contributed by atoms with van der Waals surface area (Å²) in [5, 5.41) is 24.2. The van der Waals surface area contributed by atoms with Crippen molar-refractivity contribution in [3.8, 4) is 11.4 Å². The smallest absolute Gasteiger partial charge is 0.339 e. The summed E-state index contributed by atoms with van der Waals surface area (Å²) in [5.41, 5.74) is 1.02. The number of rotatable bonds is 4. The third-order valence-corrected chi connectivity index (χ3v) is 3.07. The summed E-state index contributed by atoms with van der Waals surface area (Å²) in [5.74, 6) is -0.794. The van der Waals surface area contributed by atoms with Gasteiger partial charge in [0.05, 0.1) is 35.2 Å². The molecule has 0 aliphatic carbocycles. The van der Waals surface area contributed by atoms with Crippen molar-refractivity contribution in [3.63, 3.8) is 0 Å². The zero-order valence-corrected chi connectivity index (χ0v) is 11.7. The third-order valence-electron chi connectivity index (χ3n) is 3.07. The van der Waals surface area contributed by atoms with Crippen LogP contribution in [0.25, 0.3) is 5.69 Å². The average molecular weight is 291 g/mol. The molecule has 2 rings (SSSR count). The van der Waals surface area contributed by atoms with E-state index in [1.165, 1.54) is 23.9 Å². The molecule has 0 unspecified atom stereocenters. The first-order chi connectivity index (χ1) is 9.85. The number of hydrogen-bond acceptors (Lipinski definition) is 5. The number of methoxy groups -OCH3 is 1. The number of nitro benzene ring substituents is 1. The second-order valence-corrected chi connectivity index (χ2v) is 4.41. The van der Waals surface area contributed by atoms with Crippen LogP contribution < -0.4 is 4.74 Å². The van der Waals surface area contributed by atoms with Gasteiger partial charge in [-0.2, -0.15) is 5.10 Å². The Morgan fingerprint density at radius 3 is 2.52 bits per heavy atom. The van der Waals surface area contributed by atoms with Gasteiger partial charge in [-0.1, -0.05) is 0 Å². The van der Waals surface area contributed by atoms with Gasteiger partial charge in [0.25, 0.3) is 5.69 Å². The molecule has 0 atom stereocenters. The Hall–Kier alpha value is -2.90. The minimum absolute atomic E-state index is 0.0838. The topological polar surface area (TPSA) is 107 Å². The molecule has 0 aliphatic rings. The van der Waals surface area contributed by atoms with Crippen molar-refractivity contribution in [2.45, 2.75) is 13.8 Å². The van der Waals surface area contributed by atoms with Gasteiger partial charge in [0.15, 0.2) is 0 Å². The van der Waals surface area contributed by atoms with Crippen molar-refractivity contribution in [2.75, 3.05) is 7.11 Å². The first kappa shape index (κ1) is 14.5. The van der Waals surface area contributed by atoms with E-state index in [1.807, 2.05) is 0 Å². The number of ether oxygens (including phenoxy) is 1. The van der Waals surface area contributed by atoms with Crippen molar-refractivity contribution >= 4 is 11.7 Å². The number of aryl methyl sites for hydroxylation is 1. The summed E-state index contributed by atoms with van der Waals surface area (Å²) < 4.78 is 6.39. The Labute approximate surface area is 119 Å². The van der Waals surface area contributed by atoms with Gasteiger partial charge in [-0.05, 0) is 13.8 Å². The van der Waals surface area contributed by atoms with Crippen LogP contribution in [0, 0.1) is 24.0 Å². The van der Waals surface area contributed by atoms with Gasteiger partial charge in [0.2, 0.25) is 0 Å². The number of aromatic nitrogens is 2. The SMILES string of the molecule is COc1cc(-n2nc(C)c(C(=O)O)c2C)cc([N+](=O)[O-])c1.